The van der Waals surface area contributed by atoms with Crippen LogP contribution in [0.1, 0.15) is 23.3 Å². The lowest BCUT2D eigenvalue weighted by molar-refractivity contribution is -0.144. The number of rotatable bonds is 3. The average molecular weight is 238 g/mol. The van der Waals surface area contributed by atoms with Gasteiger partial charge in [0.25, 0.3) is 0 Å². The van der Waals surface area contributed by atoms with Crippen molar-refractivity contribution in [2.45, 2.75) is 19.9 Å². The number of H-pyrrole nitrogens is 1. The predicted molar refractivity (Wildman–Crippen MR) is 62.9 cm³/mol. The zero-order valence-electron chi connectivity index (χ0n) is 10.2. The molecule has 2 heterocycles. The first kappa shape index (κ1) is 12.1. The highest BCUT2D eigenvalue weighted by atomic mass is 16.4. The highest BCUT2D eigenvalue weighted by molar-refractivity contribution is 5.75. The summed E-state index contributed by atoms with van der Waals surface area (Å²) in [6, 6.07) is -0.637. The second-order valence-electron chi connectivity index (χ2n) is 4.36. The SMILES string of the molecule is Cc1nc(C(C(=O)O)N2CCNCC2)c(C)[nH]1. The fourth-order valence-electron chi connectivity index (χ4n) is 2.28. The Bertz CT molecular complexity index is 410. The minimum Gasteiger partial charge on any atom is -0.480 e. The molecule has 6 heteroatoms. The van der Waals surface area contributed by atoms with E-state index in [9.17, 15) is 9.90 Å². The van der Waals surface area contributed by atoms with Gasteiger partial charge in [-0.25, -0.2) is 4.98 Å². The van der Waals surface area contributed by atoms with E-state index in [1.807, 2.05) is 18.7 Å². The number of aryl methyl sites for hydroxylation is 2. The van der Waals surface area contributed by atoms with Crippen LogP contribution in [-0.2, 0) is 4.79 Å². The Balaban J connectivity index is 2.28. The van der Waals surface area contributed by atoms with Crippen molar-refractivity contribution < 1.29 is 9.90 Å². The lowest BCUT2D eigenvalue weighted by Gasteiger charge is -2.31. The molecule has 94 valence electrons. The van der Waals surface area contributed by atoms with E-state index in [1.54, 1.807) is 0 Å². The first-order valence-corrected chi connectivity index (χ1v) is 5.80. The van der Waals surface area contributed by atoms with Gasteiger partial charge in [0.2, 0.25) is 0 Å². The molecule has 6 nitrogen and oxygen atoms in total. The van der Waals surface area contributed by atoms with Crippen molar-refractivity contribution in [1.82, 2.24) is 20.2 Å². The summed E-state index contributed by atoms with van der Waals surface area (Å²) in [4.78, 5) is 20.8. The highest BCUT2D eigenvalue weighted by Gasteiger charge is 2.31. The summed E-state index contributed by atoms with van der Waals surface area (Å²) in [6.45, 7) is 6.84. The summed E-state index contributed by atoms with van der Waals surface area (Å²) in [5.74, 6) is -0.0691. The van der Waals surface area contributed by atoms with Gasteiger partial charge in [-0.05, 0) is 13.8 Å². The van der Waals surface area contributed by atoms with Crippen LogP contribution >= 0.6 is 0 Å². The minimum atomic E-state index is -0.832. The molecule has 1 aliphatic heterocycles. The summed E-state index contributed by atoms with van der Waals surface area (Å²) in [7, 11) is 0. The third-order valence-corrected chi connectivity index (χ3v) is 3.05. The normalized spacial score (nSPS) is 19.2. The third-order valence-electron chi connectivity index (χ3n) is 3.05. The predicted octanol–water partition coefficient (Wildman–Crippen LogP) is 0.0574. The number of aromatic nitrogens is 2. The van der Waals surface area contributed by atoms with Crippen LogP contribution in [-0.4, -0.2) is 52.1 Å². The van der Waals surface area contributed by atoms with Crippen LogP contribution in [0, 0.1) is 13.8 Å². The number of aliphatic carboxylic acids is 1. The Labute approximate surface area is 100 Å². The molecule has 1 aromatic heterocycles. The van der Waals surface area contributed by atoms with Gasteiger partial charge in [0.15, 0.2) is 6.04 Å². The summed E-state index contributed by atoms with van der Waals surface area (Å²) >= 11 is 0. The molecule has 0 amide bonds. The summed E-state index contributed by atoms with van der Waals surface area (Å²) in [5, 5.41) is 12.6. The second-order valence-corrected chi connectivity index (χ2v) is 4.36. The third kappa shape index (κ3) is 2.48. The fourth-order valence-corrected chi connectivity index (χ4v) is 2.28. The van der Waals surface area contributed by atoms with Crippen LogP contribution in [0.15, 0.2) is 0 Å². The van der Waals surface area contributed by atoms with Crippen molar-refractivity contribution in [2.24, 2.45) is 0 Å². The van der Waals surface area contributed by atoms with Gasteiger partial charge in [0.05, 0.1) is 5.69 Å². The van der Waals surface area contributed by atoms with Crippen molar-refractivity contribution in [1.29, 1.82) is 0 Å². The van der Waals surface area contributed by atoms with E-state index < -0.39 is 12.0 Å². The van der Waals surface area contributed by atoms with Gasteiger partial charge < -0.3 is 15.4 Å². The number of nitrogens with zero attached hydrogens (tertiary/aromatic N) is 2. The van der Waals surface area contributed by atoms with E-state index in [1.165, 1.54) is 0 Å². The lowest BCUT2D eigenvalue weighted by Crippen LogP contribution is -2.47. The first-order chi connectivity index (χ1) is 8.09. The number of imidazole rings is 1. The monoisotopic (exact) mass is 238 g/mol. The molecule has 0 aliphatic carbocycles. The smallest absolute Gasteiger partial charge is 0.327 e. The molecule has 1 atom stereocenters. The Hall–Kier alpha value is -1.40. The zero-order chi connectivity index (χ0) is 12.4. The zero-order valence-corrected chi connectivity index (χ0v) is 10.2. The maximum absolute atomic E-state index is 11.4. The van der Waals surface area contributed by atoms with E-state index in [4.69, 9.17) is 0 Å². The van der Waals surface area contributed by atoms with Gasteiger partial charge in [0.1, 0.15) is 5.82 Å². The molecule has 1 saturated heterocycles. The van der Waals surface area contributed by atoms with Crippen LogP contribution in [0.4, 0.5) is 0 Å². The van der Waals surface area contributed by atoms with Gasteiger partial charge in [-0.15, -0.1) is 0 Å². The molecule has 0 aromatic carbocycles. The van der Waals surface area contributed by atoms with Crippen LogP contribution in [0.5, 0.6) is 0 Å². The molecule has 3 N–H and O–H groups in total. The molecular formula is C11H18N4O2. The van der Waals surface area contributed by atoms with Crippen LogP contribution in [0.25, 0.3) is 0 Å². The minimum absolute atomic E-state index is 0.636. The number of hydrogen-bond donors (Lipinski definition) is 3. The molecule has 0 radical (unpaired) electrons. The number of hydrogen-bond acceptors (Lipinski definition) is 4. The molecule has 0 spiro atoms. The molecule has 0 bridgehead atoms. The molecule has 2 rings (SSSR count). The van der Waals surface area contributed by atoms with Crippen molar-refractivity contribution in [3.05, 3.63) is 17.2 Å². The molecule has 1 unspecified atom stereocenters. The summed E-state index contributed by atoms with van der Waals surface area (Å²) < 4.78 is 0. The number of carbonyl (C=O) groups is 1. The molecular weight excluding hydrogens is 220 g/mol. The summed E-state index contributed by atoms with van der Waals surface area (Å²) in [5.41, 5.74) is 1.48. The van der Waals surface area contributed by atoms with Gasteiger partial charge in [-0.3, -0.25) is 9.69 Å². The fraction of sp³-hybridized carbons (Fsp3) is 0.636. The van der Waals surface area contributed by atoms with Crippen molar-refractivity contribution in [3.63, 3.8) is 0 Å². The van der Waals surface area contributed by atoms with Crippen molar-refractivity contribution in [2.75, 3.05) is 26.2 Å². The summed E-state index contributed by atoms with van der Waals surface area (Å²) in [6.07, 6.45) is 0. The van der Waals surface area contributed by atoms with Gasteiger partial charge >= 0.3 is 5.97 Å². The van der Waals surface area contributed by atoms with Crippen LogP contribution in [0.3, 0.4) is 0 Å². The second kappa shape index (κ2) is 4.85. The Morgan fingerprint density at radius 2 is 2.06 bits per heavy atom. The van der Waals surface area contributed by atoms with E-state index >= 15 is 0 Å². The van der Waals surface area contributed by atoms with E-state index in [-0.39, 0.29) is 0 Å². The lowest BCUT2D eigenvalue weighted by atomic mass is 10.1. The van der Waals surface area contributed by atoms with E-state index in [0.29, 0.717) is 5.69 Å². The number of carboxylic acids is 1. The van der Waals surface area contributed by atoms with Gasteiger partial charge in [0, 0.05) is 31.9 Å². The van der Waals surface area contributed by atoms with Crippen molar-refractivity contribution in [3.8, 4) is 0 Å². The topological polar surface area (TPSA) is 81.2 Å². The van der Waals surface area contributed by atoms with Crippen LogP contribution < -0.4 is 5.32 Å². The molecule has 0 saturated carbocycles. The van der Waals surface area contributed by atoms with Crippen molar-refractivity contribution >= 4 is 5.97 Å². The Kier molecular flexibility index (Phi) is 3.44. The highest BCUT2D eigenvalue weighted by Crippen LogP contribution is 2.22. The maximum Gasteiger partial charge on any atom is 0.327 e. The van der Waals surface area contributed by atoms with E-state index in [0.717, 1.165) is 37.7 Å². The number of nitrogens with one attached hydrogen (secondary N) is 2. The number of piperazine rings is 1. The van der Waals surface area contributed by atoms with Gasteiger partial charge in [-0.1, -0.05) is 0 Å². The largest absolute Gasteiger partial charge is 0.480 e. The number of carboxylic acid groups (broad SMARTS) is 1. The molecule has 1 fully saturated rings. The first-order valence-electron chi connectivity index (χ1n) is 5.80. The standard InChI is InChI=1S/C11H18N4O2/c1-7-9(14-8(2)13-7)10(11(16)17)15-5-3-12-4-6-15/h10,12H,3-6H2,1-2H3,(H,13,14)(H,16,17). The van der Waals surface area contributed by atoms with Crippen LogP contribution in [0.2, 0.25) is 0 Å². The van der Waals surface area contributed by atoms with Gasteiger partial charge in [-0.2, -0.15) is 0 Å². The number of aromatic amines is 1. The molecule has 1 aliphatic rings. The Morgan fingerprint density at radius 3 is 2.53 bits per heavy atom. The maximum atomic E-state index is 11.4. The quantitative estimate of drug-likeness (QED) is 0.693. The van der Waals surface area contributed by atoms with E-state index in [2.05, 4.69) is 15.3 Å². The Morgan fingerprint density at radius 1 is 1.41 bits per heavy atom. The molecule has 17 heavy (non-hydrogen) atoms. The average Bonchev–Trinajstić information content (AvgIpc) is 2.59. The molecule has 1 aromatic rings.